The lowest BCUT2D eigenvalue weighted by molar-refractivity contribution is -0.145. The maximum Gasteiger partial charge on any atom is 0.320 e. The molecule has 2 unspecified atom stereocenters. The number of carbonyl (C=O) groups is 1. The Labute approximate surface area is 215 Å². The van der Waals surface area contributed by atoms with Gasteiger partial charge in [0.1, 0.15) is 17.7 Å². The summed E-state index contributed by atoms with van der Waals surface area (Å²) in [5.74, 6) is 0.538. The Morgan fingerprint density at radius 3 is 2.64 bits per heavy atom. The van der Waals surface area contributed by atoms with Crippen LogP contribution in [0.1, 0.15) is 48.4 Å². The number of aromatic nitrogens is 1. The summed E-state index contributed by atoms with van der Waals surface area (Å²) in [6.45, 7) is 3.59. The second-order valence-electron chi connectivity index (χ2n) is 8.92. The van der Waals surface area contributed by atoms with Crippen LogP contribution < -0.4 is 9.47 Å². The van der Waals surface area contributed by atoms with Gasteiger partial charge in [-0.3, -0.25) is 9.69 Å². The van der Waals surface area contributed by atoms with E-state index in [0.29, 0.717) is 37.7 Å². The van der Waals surface area contributed by atoms with Crippen molar-refractivity contribution in [3.63, 3.8) is 0 Å². The number of ether oxygens (including phenoxy) is 2. The van der Waals surface area contributed by atoms with E-state index < -0.39 is 12.0 Å². The zero-order valence-corrected chi connectivity index (χ0v) is 21.1. The zero-order valence-electron chi connectivity index (χ0n) is 20.3. The lowest BCUT2D eigenvalue weighted by atomic mass is 9.96. The van der Waals surface area contributed by atoms with Crippen LogP contribution in [0.3, 0.4) is 0 Å². The number of likely N-dealkylation sites (tertiary alicyclic amines) is 1. The van der Waals surface area contributed by atoms with Crippen LogP contribution in [-0.2, 0) is 11.4 Å². The van der Waals surface area contributed by atoms with Gasteiger partial charge in [-0.15, -0.1) is 11.3 Å². The van der Waals surface area contributed by atoms with Crippen LogP contribution >= 0.6 is 11.3 Å². The predicted octanol–water partition coefficient (Wildman–Crippen LogP) is 6.30. The average molecular weight is 503 g/mol. The van der Waals surface area contributed by atoms with Gasteiger partial charge in [-0.1, -0.05) is 55.0 Å². The third-order valence-electron chi connectivity index (χ3n) is 6.53. The molecule has 3 aromatic carbocycles. The molecule has 0 spiro atoms. The fourth-order valence-electron chi connectivity index (χ4n) is 4.83. The summed E-state index contributed by atoms with van der Waals surface area (Å²) in [4.78, 5) is 19.3. The molecule has 36 heavy (non-hydrogen) atoms. The summed E-state index contributed by atoms with van der Waals surface area (Å²) in [6, 6.07) is 23.2. The van der Waals surface area contributed by atoms with E-state index in [1.165, 1.54) is 0 Å². The molecular weight excluding hydrogens is 472 g/mol. The van der Waals surface area contributed by atoms with Gasteiger partial charge in [0.05, 0.1) is 22.9 Å². The smallest absolute Gasteiger partial charge is 0.320 e. The number of carboxylic acid groups (broad SMARTS) is 1. The maximum atomic E-state index is 12.2. The third kappa shape index (κ3) is 5.22. The summed E-state index contributed by atoms with van der Waals surface area (Å²) in [5, 5.41) is 10.9. The largest absolute Gasteiger partial charge is 0.490 e. The number of fused-ring (bicyclic) bond motifs is 1. The van der Waals surface area contributed by atoms with E-state index in [-0.39, 0.29) is 6.04 Å². The molecule has 1 aliphatic rings. The van der Waals surface area contributed by atoms with Gasteiger partial charge < -0.3 is 14.6 Å². The van der Waals surface area contributed by atoms with E-state index in [2.05, 4.69) is 11.0 Å². The number of carboxylic acids is 1. The molecule has 7 heteroatoms. The molecule has 0 aliphatic carbocycles. The molecule has 0 bridgehead atoms. The molecule has 2 heterocycles. The van der Waals surface area contributed by atoms with Gasteiger partial charge in [0.25, 0.3) is 0 Å². The molecule has 5 rings (SSSR count). The van der Waals surface area contributed by atoms with Gasteiger partial charge in [0, 0.05) is 6.54 Å². The summed E-state index contributed by atoms with van der Waals surface area (Å²) in [5.41, 5.74) is 2.96. The van der Waals surface area contributed by atoms with Crippen molar-refractivity contribution >= 4 is 27.5 Å². The van der Waals surface area contributed by atoms with E-state index in [4.69, 9.17) is 14.5 Å². The van der Waals surface area contributed by atoms with Crippen molar-refractivity contribution in [1.82, 2.24) is 9.88 Å². The normalized spacial score (nSPS) is 17.1. The van der Waals surface area contributed by atoms with Crippen LogP contribution in [-0.4, -0.2) is 40.2 Å². The van der Waals surface area contributed by atoms with E-state index in [0.717, 1.165) is 39.2 Å². The Hall–Kier alpha value is -3.42. The molecule has 6 nitrogen and oxygen atoms in total. The van der Waals surface area contributed by atoms with Gasteiger partial charge in [-0.05, 0) is 55.2 Å². The lowest BCUT2D eigenvalue weighted by Crippen LogP contribution is -2.46. The Morgan fingerprint density at radius 2 is 1.86 bits per heavy atom. The van der Waals surface area contributed by atoms with E-state index in [9.17, 15) is 9.90 Å². The second-order valence-corrected chi connectivity index (χ2v) is 9.99. The highest BCUT2D eigenvalue weighted by Crippen LogP contribution is 2.41. The molecule has 4 aromatic rings. The molecule has 1 fully saturated rings. The third-order valence-corrected chi connectivity index (χ3v) is 7.61. The number of rotatable bonds is 9. The van der Waals surface area contributed by atoms with Crippen LogP contribution in [0.2, 0.25) is 0 Å². The monoisotopic (exact) mass is 502 g/mol. The zero-order chi connectivity index (χ0) is 24.9. The van der Waals surface area contributed by atoms with Crippen molar-refractivity contribution < 1.29 is 19.4 Å². The SMILES string of the molecule is CCOc1cc(C(c2nc3ccccc3s2)N2CCCCC2C(=O)O)ccc1OCc1ccccc1. The summed E-state index contributed by atoms with van der Waals surface area (Å²) in [6.07, 6.45) is 2.51. The van der Waals surface area contributed by atoms with Crippen molar-refractivity contribution in [2.45, 2.75) is 44.9 Å². The molecule has 0 saturated carbocycles. The topological polar surface area (TPSA) is 71.9 Å². The van der Waals surface area contributed by atoms with E-state index in [1.807, 2.05) is 73.7 Å². The molecular formula is C29H30N2O4S. The molecule has 1 saturated heterocycles. The number of thiazole rings is 1. The van der Waals surface area contributed by atoms with Crippen LogP contribution in [0.4, 0.5) is 0 Å². The van der Waals surface area contributed by atoms with Crippen LogP contribution in [0.5, 0.6) is 11.5 Å². The average Bonchev–Trinajstić information content (AvgIpc) is 3.33. The lowest BCUT2D eigenvalue weighted by Gasteiger charge is -2.38. The van der Waals surface area contributed by atoms with Crippen molar-refractivity contribution in [2.24, 2.45) is 0 Å². The Balaban J connectivity index is 1.54. The minimum absolute atomic E-state index is 0.286. The minimum Gasteiger partial charge on any atom is -0.490 e. The first-order valence-electron chi connectivity index (χ1n) is 12.4. The molecule has 0 radical (unpaired) electrons. The molecule has 2 atom stereocenters. The first-order valence-corrected chi connectivity index (χ1v) is 13.2. The number of nitrogens with zero attached hydrogens (tertiary/aromatic N) is 2. The summed E-state index contributed by atoms with van der Waals surface area (Å²) < 4.78 is 13.2. The Kier molecular flexibility index (Phi) is 7.49. The van der Waals surface area contributed by atoms with Crippen LogP contribution in [0.15, 0.2) is 72.8 Å². The predicted molar refractivity (Wildman–Crippen MR) is 142 cm³/mol. The molecule has 186 valence electrons. The number of benzene rings is 3. The number of para-hydroxylation sites is 1. The van der Waals surface area contributed by atoms with Gasteiger partial charge >= 0.3 is 5.97 Å². The standard InChI is InChI=1S/C29H30N2O4S/c1-2-34-25-18-21(15-16-24(25)35-19-20-10-4-3-5-11-20)27(31-17-9-8-13-23(31)29(32)33)28-30-22-12-6-7-14-26(22)36-28/h3-7,10-12,14-16,18,23,27H,2,8-9,13,17,19H2,1H3,(H,32,33). The molecule has 1 aromatic heterocycles. The number of hydrogen-bond donors (Lipinski definition) is 1. The van der Waals surface area contributed by atoms with Crippen molar-refractivity contribution in [3.05, 3.63) is 88.9 Å². The van der Waals surface area contributed by atoms with Gasteiger partial charge in [0.2, 0.25) is 0 Å². The summed E-state index contributed by atoms with van der Waals surface area (Å²) in [7, 11) is 0. The fourth-order valence-corrected chi connectivity index (χ4v) is 5.95. The first-order chi connectivity index (χ1) is 17.6. The highest BCUT2D eigenvalue weighted by atomic mass is 32.1. The minimum atomic E-state index is -0.784. The quantitative estimate of drug-likeness (QED) is 0.289. The highest BCUT2D eigenvalue weighted by Gasteiger charge is 2.37. The van der Waals surface area contributed by atoms with Gasteiger partial charge in [-0.2, -0.15) is 0 Å². The first kappa shape index (κ1) is 24.3. The molecule has 1 N–H and O–H groups in total. The van der Waals surface area contributed by atoms with E-state index >= 15 is 0 Å². The van der Waals surface area contributed by atoms with Gasteiger partial charge in [0.15, 0.2) is 11.5 Å². The number of hydrogen-bond acceptors (Lipinski definition) is 6. The van der Waals surface area contributed by atoms with Crippen LogP contribution in [0.25, 0.3) is 10.2 Å². The summed E-state index contributed by atoms with van der Waals surface area (Å²) >= 11 is 1.62. The Bertz CT molecular complexity index is 1290. The molecule has 0 amide bonds. The van der Waals surface area contributed by atoms with E-state index in [1.54, 1.807) is 11.3 Å². The highest BCUT2D eigenvalue weighted by molar-refractivity contribution is 7.18. The number of piperidine rings is 1. The Morgan fingerprint density at radius 1 is 1.06 bits per heavy atom. The molecule has 1 aliphatic heterocycles. The van der Waals surface area contributed by atoms with Gasteiger partial charge in [-0.25, -0.2) is 4.98 Å². The fraction of sp³-hybridized carbons (Fsp3) is 0.310. The number of aliphatic carboxylic acids is 1. The second kappa shape index (κ2) is 11.1. The maximum absolute atomic E-state index is 12.2. The van der Waals surface area contributed by atoms with Crippen LogP contribution in [0, 0.1) is 0 Å². The van der Waals surface area contributed by atoms with Crippen molar-refractivity contribution in [3.8, 4) is 11.5 Å². The van der Waals surface area contributed by atoms with Crippen molar-refractivity contribution in [1.29, 1.82) is 0 Å². The van der Waals surface area contributed by atoms with Crippen molar-refractivity contribution in [2.75, 3.05) is 13.2 Å².